The molecule has 0 unspecified atom stereocenters. The van der Waals surface area contributed by atoms with Gasteiger partial charge in [0.2, 0.25) is 0 Å². The van der Waals surface area contributed by atoms with Crippen molar-refractivity contribution in [3.8, 4) is 5.75 Å². The van der Waals surface area contributed by atoms with Gasteiger partial charge >= 0.3 is 0 Å². The molecule has 0 aliphatic carbocycles. The quantitative estimate of drug-likeness (QED) is 0.885. The van der Waals surface area contributed by atoms with E-state index in [9.17, 15) is 4.39 Å². The fraction of sp³-hybridized carbons (Fsp3) is 0.154. The number of rotatable bonds is 3. The van der Waals surface area contributed by atoms with Gasteiger partial charge in [0.1, 0.15) is 24.0 Å². The Morgan fingerprint density at radius 2 is 2.12 bits per heavy atom. The van der Waals surface area contributed by atoms with Crippen molar-refractivity contribution in [2.45, 2.75) is 13.5 Å². The molecule has 1 heterocycles. The minimum absolute atomic E-state index is 0.237. The summed E-state index contributed by atoms with van der Waals surface area (Å²) in [6, 6.07) is 9.99. The molecule has 0 bridgehead atoms. The summed E-state index contributed by atoms with van der Waals surface area (Å²) in [5.41, 5.74) is 6.86. The second-order valence-electron chi connectivity index (χ2n) is 3.75. The van der Waals surface area contributed by atoms with E-state index in [1.165, 1.54) is 6.07 Å². The molecule has 0 aliphatic rings. The van der Waals surface area contributed by atoms with Crippen LogP contribution in [-0.4, -0.2) is 4.98 Å². The minimum Gasteiger partial charge on any atom is -0.487 e. The Morgan fingerprint density at radius 3 is 2.82 bits per heavy atom. The monoisotopic (exact) mass is 232 g/mol. The molecule has 17 heavy (non-hydrogen) atoms. The van der Waals surface area contributed by atoms with Crippen molar-refractivity contribution in [1.82, 2.24) is 4.98 Å². The highest BCUT2D eigenvalue weighted by molar-refractivity contribution is 5.30. The maximum Gasteiger partial charge on any atom is 0.130 e. The van der Waals surface area contributed by atoms with Crippen LogP contribution in [0.3, 0.4) is 0 Å². The van der Waals surface area contributed by atoms with E-state index in [-0.39, 0.29) is 5.82 Å². The zero-order valence-corrected chi connectivity index (χ0v) is 9.48. The Labute approximate surface area is 99.1 Å². The summed E-state index contributed by atoms with van der Waals surface area (Å²) in [5.74, 6) is 0.842. The first-order valence-corrected chi connectivity index (χ1v) is 5.25. The number of ether oxygens (including phenoxy) is 1. The predicted molar refractivity (Wildman–Crippen MR) is 64.1 cm³/mol. The van der Waals surface area contributed by atoms with Gasteiger partial charge in [0.05, 0.1) is 5.69 Å². The summed E-state index contributed by atoms with van der Waals surface area (Å²) in [6.07, 6.45) is 0. The van der Waals surface area contributed by atoms with Crippen molar-refractivity contribution in [3.63, 3.8) is 0 Å². The molecule has 4 heteroatoms. The van der Waals surface area contributed by atoms with E-state index in [1.807, 2.05) is 12.1 Å². The highest BCUT2D eigenvalue weighted by Gasteiger charge is 2.01. The second kappa shape index (κ2) is 4.82. The summed E-state index contributed by atoms with van der Waals surface area (Å²) in [4.78, 5) is 4.11. The fourth-order valence-corrected chi connectivity index (χ4v) is 1.44. The van der Waals surface area contributed by atoms with Crippen LogP contribution in [0.15, 0.2) is 36.4 Å². The lowest BCUT2D eigenvalue weighted by Gasteiger charge is -2.07. The molecule has 0 amide bonds. The van der Waals surface area contributed by atoms with Crippen molar-refractivity contribution < 1.29 is 9.13 Å². The molecule has 0 saturated carbocycles. The van der Waals surface area contributed by atoms with Crippen LogP contribution in [0.2, 0.25) is 0 Å². The maximum absolute atomic E-state index is 13.0. The van der Waals surface area contributed by atoms with E-state index in [2.05, 4.69) is 4.98 Å². The van der Waals surface area contributed by atoms with Crippen molar-refractivity contribution >= 4 is 5.82 Å². The third-order valence-electron chi connectivity index (χ3n) is 2.34. The van der Waals surface area contributed by atoms with Crippen LogP contribution >= 0.6 is 0 Å². The number of nitrogen functional groups attached to an aromatic ring is 1. The molecule has 0 saturated heterocycles. The van der Waals surface area contributed by atoms with Gasteiger partial charge in [-0.05, 0) is 42.8 Å². The Hall–Kier alpha value is -2.10. The number of aryl methyl sites for hydroxylation is 1. The number of hydrogen-bond donors (Lipinski definition) is 1. The molecule has 0 spiro atoms. The first-order chi connectivity index (χ1) is 8.15. The number of pyridine rings is 1. The number of hydrogen-bond acceptors (Lipinski definition) is 3. The third kappa shape index (κ3) is 2.93. The molecule has 1 aromatic carbocycles. The molecule has 2 rings (SSSR count). The lowest BCUT2D eigenvalue weighted by molar-refractivity contribution is 0.301. The SMILES string of the molecule is Cc1cc(OCc2cccc(N)n2)ccc1F. The molecule has 0 aliphatic heterocycles. The zero-order valence-electron chi connectivity index (χ0n) is 9.48. The molecular formula is C13H13FN2O. The Kier molecular flexibility index (Phi) is 3.23. The summed E-state index contributed by atoms with van der Waals surface area (Å²) >= 11 is 0. The van der Waals surface area contributed by atoms with Crippen LogP contribution in [0.1, 0.15) is 11.3 Å². The second-order valence-corrected chi connectivity index (χ2v) is 3.75. The van der Waals surface area contributed by atoms with E-state index in [0.717, 1.165) is 5.69 Å². The van der Waals surface area contributed by atoms with E-state index in [1.54, 1.807) is 25.1 Å². The molecule has 3 nitrogen and oxygen atoms in total. The van der Waals surface area contributed by atoms with Crippen molar-refractivity contribution in [1.29, 1.82) is 0 Å². The number of anilines is 1. The average Bonchev–Trinajstić information content (AvgIpc) is 2.31. The largest absolute Gasteiger partial charge is 0.487 e. The van der Waals surface area contributed by atoms with E-state index in [0.29, 0.717) is 23.7 Å². The smallest absolute Gasteiger partial charge is 0.130 e. The van der Waals surface area contributed by atoms with Gasteiger partial charge in [-0.2, -0.15) is 0 Å². The Balaban J connectivity index is 2.05. The van der Waals surface area contributed by atoms with Gasteiger partial charge in [-0.15, -0.1) is 0 Å². The molecule has 1 aromatic heterocycles. The summed E-state index contributed by atoms with van der Waals surface area (Å²) < 4.78 is 18.5. The van der Waals surface area contributed by atoms with Gasteiger partial charge in [0, 0.05) is 0 Å². The molecule has 0 radical (unpaired) electrons. The highest BCUT2D eigenvalue weighted by atomic mass is 19.1. The molecule has 0 fully saturated rings. The predicted octanol–water partition coefficient (Wildman–Crippen LogP) is 2.69. The number of aromatic nitrogens is 1. The van der Waals surface area contributed by atoms with Crippen LogP contribution in [-0.2, 0) is 6.61 Å². The van der Waals surface area contributed by atoms with Crippen LogP contribution < -0.4 is 10.5 Å². The zero-order chi connectivity index (χ0) is 12.3. The van der Waals surface area contributed by atoms with Gasteiger partial charge in [-0.25, -0.2) is 9.37 Å². The minimum atomic E-state index is -0.237. The van der Waals surface area contributed by atoms with Crippen LogP contribution in [0, 0.1) is 12.7 Å². The number of benzene rings is 1. The van der Waals surface area contributed by atoms with Crippen LogP contribution in [0.25, 0.3) is 0 Å². The van der Waals surface area contributed by atoms with Crippen LogP contribution in [0.5, 0.6) is 5.75 Å². The molecule has 2 aromatic rings. The van der Waals surface area contributed by atoms with Gasteiger partial charge < -0.3 is 10.5 Å². The third-order valence-corrected chi connectivity index (χ3v) is 2.34. The molecule has 0 atom stereocenters. The van der Waals surface area contributed by atoms with E-state index < -0.39 is 0 Å². The van der Waals surface area contributed by atoms with E-state index >= 15 is 0 Å². The van der Waals surface area contributed by atoms with Gasteiger partial charge in [-0.3, -0.25) is 0 Å². The molecular weight excluding hydrogens is 219 g/mol. The van der Waals surface area contributed by atoms with Gasteiger partial charge in [0.25, 0.3) is 0 Å². The number of nitrogens with zero attached hydrogens (tertiary/aromatic N) is 1. The lowest BCUT2D eigenvalue weighted by Crippen LogP contribution is -2.00. The van der Waals surface area contributed by atoms with Crippen molar-refractivity contribution in [2.75, 3.05) is 5.73 Å². The van der Waals surface area contributed by atoms with Crippen LogP contribution in [0.4, 0.5) is 10.2 Å². The number of halogens is 1. The summed E-state index contributed by atoms with van der Waals surface area (Å²) in [5, 5.41) is 0. The maximum atomic E-state index is 13.0. The van der Waals surface area contributed by atoms with Gasteiger partial charge in [0.15, 0.2) is 0 Å². The Morgan fingerprint density at radius 1 is 1.29 bits per heavy atom. The summed E-state index contributed by atoms with van der Waals surface area (Å²) in [6.45, 7) is 2.01. The normalized spacial score (nSPS) is 10.2. The Bertz CT molecular complexity index is 529. The average molecular weight is 232 g/mol. The first-order valence-electron chi connectivity index (χ1n) is 5.25. The van der Waals surface area contributed by atoms with Crippen molar-refractivity contribution in [3.05, 3.63) is 53.5 Å². The van der Waals surface area contributed by atoms with Crippen molar-refractivity contribution in [2.24, 2.45) is 0 Å². The standard InChI is InChI=1S/C13H13FN2O/c1-9-7-11(5-6-12(9)14)17-8-10-3-2-4-13(15)16-10/h2-7H,8H2,1H3,(H2,15,16). The fourth-order valence-electron chi connectivity index (χ4n) is 1.44. The lowest BCUT2D eigenvalue weighted by atomic mass is 10.2. The topological polar surface area (TPSA) is 48.1 Å². The van der Waals surface area contributed by atoms with Gasteiger partial charge in [-0.1, -0.05) is 6.07 Å². The summed E-state index contributed by atoms with van der Waals surface area (Å²) in [7, 11) is 0. The molecule has 88 valence electrons. The molecule has 2 N–H and O–H groups in total. The highest BCUT2D eigenvalue weighted by Crippen LogP contribution is 2.17. The number of nitrogens with two attached hydrogens (primary N) is 1. The van der Waals surface area contributed by atoms with E-state index in [4.69, 9.17) is 10.5 Å². The first kappa shape index (κ1) is 11.4.